The molecule has 112 valence electrons. The van der Waals surface area contributed by atoms with Gasteiger partial charge in [-0.3, -0.25) is 0 Å². The topological polar surface area (TPSA) is 61.2 Å². The van der Waals surface area contributed by atoms with Crippen molar-refractivity contribution in [3.63, 3.8) is 0 Å². The van der Waals surface area contributed by atoms with E-state index in [-0.39, 0.29) is 6.10 Å². The number of para-hydroxylation sites is 1. The molecule has 0 bridgehead atoms. The van der Waals surface area contributed by atoms with Gasteiger partial charge in [0.1, 0.15) is 18.2 Å². The Morgan fingerprint density at radius 2 is 2.33 bits per heavy atom. The second kappa shape index (κ2) is 6.69. The van der Waals surface area contributed by atoms with Crippen molar-refractivity contribution in [3.8, 4) is 5.75 Å². The number of benzene rings is 1. The van der Waals surface area contributed by atoms with E-state index in [2.05, 4.69) is 21.5 Å². The van der Waals surface area contributed by atoms with Gasteiger partial charge in [0.2, 0.25) is 0 Å². The number of fused-ring (bicyclic) bond motifs is 1. The van der Waals surface area contributed by atoms with E-state index in [1.807, 2.05) is 22.9 Å². The predicted octanol–water partition coefficient (Wildman–Crippen LogP) is 1.02. The van der Waals surface area contributed by atoms with Gasteiger partial charge < -0.3 is 14.8 Å². The molecule has 1 aromatic heterocycles. The maximum Gasteiger partial charge on any atom is 0.164 e. The molecule has 0 saturated carbocycles. The first-order valence-corrected chi connectivity index (χ1v) is 7.17. The summed E-state index contributed by atoms with van der Waals surface area (Å²) in [5, 5.41) is 7.69. The molecule has 0 aliphatic carbocycles. The normalized spacial score (nSPS) is 16.7. The Hall–Kier alpha value is -1.92. The van der Waals surface area contributed by atoms with Crippen LogP contribution in [0.1, 0.15) is 11.4 Å². The van der Waals surface area contributed by atoms with Gasteiger partial charge >= 0.3 is 0 Å². The zero-order chi connectivity index (χ0) is 14.5. The highest BCUT2D eigenvalue weighted by Crippen LogP contribution is 2.28. The molecule has 6 nitrogen and oxygen atoms in total. The third-order valence-corrected chi connectivity index (χ3v) is 3.45. The second-order valence-electron chi connectivity index (χ2n) is 5.10. The smallest absolute Gasteiger partial charge is 0.164 e. The van der Waals surface area contributed by atoms with Crippen LogP contribution in [-0.4, -0.2) is 41.1 Å². The molecule has 2 heterocycles. The van der Waals surface area contributed by atoms with Gasteiger partial charge in [0.15, 0.2) is 5.82 Å². The number of hydrogen-bond acceptors (Lipinski definition) is 5. The Morgan fingerprint density at radius 3 is 3.19 bits per heavy atom. The summed E-state index contributed by atoms with van der Waals surface area (Å²) in [4.78, 5) is 4.30. The number of rotatable bonds is 7. The third-order valence-electron chi connectivity index (χ3n) is 3.45. The van der Waals surface area contributed by atoms with E-state index in [1.165, 1.54) is 5.56 Å². The van der Waals surface area contributed by atoms with E-state index in [4.69, 9.17) is 9.47 Å². The number of hydrogen-bond donors (Lipinski definition) is 1. The molecule has 0 fully saturated rings. The van der Waals surface area contributed by atoms with Crippen molar-refractivity contribution in [2.45, 2.75) is 25.6 Å². The molecule has 1 N–H and O–H groups in total. The summed E-state index contributed by atoms with van der Waals surface area (Å²) in [7, 11) is 1.69. The van der Waals surface area contributed by atoms with Gasteiger partial charge in [0.25, 0.3) is 0 Å². The fraction of sp³-hybridized carbons (Fsp3) is 0.467. The van der Waals surface area contributed by atoms with Gasteiger partial charge in [0, 0.05) is 20.1 Å². The van der Waals surface area contributed by atoms with Crippen molar-refractivity contribution in [1.82, 2.24) is 20.1 Å². The summed E-state index contributed by atoms with van der Waals surface area (Å²) < 4.78 is 12.7. The molecule has 1 aromatic carbocycles. The van der Waals surface area contributed by atoms with Gasteiger partial charge in [-0.1, -0.05) is 18.2 Å². The van der Waals surface area contributed by atoms with Crippen LogP contribution >= 0.6 is 0 Å². The van der Waals surface area contributed by atoms with Crippen LogP contribution in [0.15, 0.2) is 30.6 Å². The average molecular weight is 288 g/mol. The number of aromatic nitrogens is 3. The largest absolute Gasteiger partial charge is 0.488 e. The number of methoxy groups -OCH3 is 1. The molecular weight excluding hydrogens is 268 g/mol. The average Bonchev–Trinajstić information content (AvgIpc) is 3.10. The Labute approximate surface area is 124 Å². The van der Waals surface area contributed by atoms with Crippen LogP contribution in [0.25, 0.3) is 0 Å². The summed E-state index contributed by atoms with van der Waals surface area (Å²) >= 11 is 0. The van der Waals surface area contributed by atoms with Gasteiger partial charge in [-0.15, -0.1) is 0 Å². The molecular formula is C15H20N4O2. The van der Waals surface area contributed by atoms with Crippen LogP contribution in [0.2, 0.25) is 0 Å². The summed E-state index contributed by atoms with van der Waals surface area (Å²) in [5.74, 6) is 1.78. The number of nitrogens with zero attached hydrogens (tertiary/aromatic N) is 3. The highest BCUT2D eigenvalue weighted by atomic mass is 16.5. The van der Waals surface area contributed by atoms with E-state index in [9.17, 15) is 0 Å². The summed E-state index contributed by atoms with van der Waals surface area (Å²) in [6.07, 6.45) is 2.83. The summed E-state index contributed by atoms with van der Waals surface area (Å²) in [5.41, 5.74) is 1.27. The van der Waals surface area contributed by atoms with Crippen molar-refractivity contribution in [2.75, 3.05) is 20.3 Å². The summed E-state index contributed by atoms with van der Waals surface area (Å²) in [6.45, 7) is 2.86. The lowest BCUT2D eigenvalue weighted by atomic mass is 10.1. The first-order valence-electron chi connectivity index (χ1n) is 7.17. The lowest BCUT2D eigenvalue weighted by Gasteiger charge is -2.09. The standard InChI is InChI=1S/C15H20N4O2/c1-20-7-6-16-9-15-17-11-19(18-15)10-13-8-12-4-2-3-5-14(12)21-13/h2-5,11,13,16H,6-10H2,1H3. The maximum absolute atomic E-state index is 5.91. The minimum absolute atomic E-state index is 0.137. The quantitative estimate of drug-likeness (QED) is 0.771. The Kier molecular flexibility index (Phi) is 4.47. The van der Waals surface area contributed by atoms with Crippen LogP contribution in [0.4, 0.5) is 0 Å². The van der Waals surface area contributed by atoms with E-state index in [1.54, 1.807) is 13.4 Å². The van der Waals surface area contributed by atoms with Crippen LogP contribution in [0.5, 0.6) is 5.75 Å². The van der Waals surface area contributed by atoms with Crippen molar-refractivity contribution in [1.29, 1.82) is 0 Å². The fourth-order valence-corrected chi connectivity index (χ4v) is 2.44. The zero-order valence-corrected chi connectivity index (χ0v) is 12.2. The number of nitrogens with one attached hydrogen (secondary N) is 1. The monoisotopic (exact) mass is 288 g/mol. The van der Waals surface area contributed by atoms with Crippen LogP contribution in [0.3, 0.4) is 0 Å². The van der Waals surface area contributed by atoms with Gasteiger partial charge in [0.05, 0.1) is 19.7 Å². The Morgan fingerprint density at radius 1 is 1.43 bits per heavy atom. The highest BCUT2D eigenvalue weighted by Gasteiger charge is 2.22. The highest BCUT2D eigenvalue weighted by molar-refractivity contribution is 5.37. The van der Waals surface area contributed by atoms with E-state index >= 15 is 0 Å². The first kappa shape index (κ1) is 14.0. The van der Waals surface area contributed by atoms with Gasteiger partial charge in [-0.25, -0.2) is 9.67 Å². The molecule has 3 rings (SSSR count). The fourth-order valence-electron chi connectivity index (χ4n) is 2.44. The molecule has 0 spiro atoms. The predicted molar refractivity (Wildman–Crippen MR) is 78.2 cm³/mol. The molecule has 1 aliphatic heterocycles. The van der Waals surface area contributed by atoms with Crippen molar-refractivity contribution in [3.05, 3.63) is 42.0 Å². The second-order valence-corrected chi connectivity index (χ2v) is 5.10. The molecule has 2 aromatic rings. The Bertz CT molecular complexity index is 560. The molecule has 1 atom stereocenters. The maximum atomic E-state index is 5.91. The molecule has 21 heavy (non-hydrogen) atoms. The van der Waals surface area contributed by atoms with Crippen LogP contribution in [-0.2, 0) is 24.2 Å². The van der Waals surface area contributed by atoms with Crippen molar-refractivity contribution >= 4 is 0 Å². The molecule has 1 aliphatic rings. The van der Waals surface area contributed by atoms with E-state index in [0.717, 1.165) is 31.1 Å². The van der Waals surface area contributed by atoms with Gasteiger partial charge in [-0.05, 0) is 11.6 Å². The van der Waals surface area contributed by atoms with Crippen molar-refractivity contribution < 1.29 is 9.47 Å². The minimum Gasteiger partial charge on any atom is -0.488 e. The lowest BCUT2D eigenvalue weighted by Crippen LogP contribution is -2.22. The molecule has 0 saturated heterocycles. The lowest BCUT2D eigenvalue weighted by molar-refractivity contribution is 0.198. The molecule has 0 radical (unpaired) electrons. The SMILES string of the molecule is COCCNCc1ncn(CC2Cc3ccccc3O2)n1. The van der Waals surface area contributed by atoms with E-state index < -0.39 is 0 Å². The molecule has 6 heteroatoms. The third kappa shape index (κ3) is 3.59. The molecule has 1 unspecified atom stereocenters. The van der Waals surface area contributed by atoms with Crippen LogP contribution < -0.4 is 10.1 Å². The van der Waals surface area contributed by atoms with Crippen LogP contribution in [0, 0.1) is 0 Å². The first-order chi connectivity index (χ1) is 10.3. The minimum atomic E-state index is 0.137. The van der Waals surface area contributed by atoms with E-state index in [0.29, 0.717) is 13.2 Å². The summed E-state index contributed by atoms with van der Waals surface area (Å²) in [6, 6.07) is 8.17. The Balaban J connectivity index is 1.49. The molecule has 0 amide bonds. The van der Waals surface area contributed by atoms with Gasteiger partial charge in [-0.2, -0.15) is 5.10 Å². The number of ether oxygens (including phenoxy) is 2. The van der Waals surface area contributed by atoms with Crippen molar-refractivity contribution in [2.24, 2.45) is 0 Å². The zero-order valence-electron chi connectivity index (χ0n) is 12.2.